The van der Waals surface area contributed by atoms with Crippen LogP contribution in [0.15, 0.2) is 62.1 Å². The zero-order valence-electron chi connectivity index (χ0n) is 17.5. The number of thiazole rings is 1. The smallest absolute Gasteiger partial charge is 0.338 e. The normalized spacial score (nSPS) is 16.0. The summed E-state index contributed by atoms with van der Waals surface area (Å²) in [7, 11) is 0. The van der Waals surface area contributed by atoms with Gasteiger partial charge in [-0.1, -0.05) is 23.5 Å². The minimum atomic E-state index is -0.914. The van der Waals surface area contributed by atoms with Crippen molar-refractivity contribution >= 4 is 29.1 Å². The Morgan fingerprint density at radius 3 is 2.81 bits per heavy atom. The molecule has 10 heteroatoms. The molecule has 0 amide bonds. The third kappa shape index (κ3) is 3.69. The second kappa shape index (κ2) is 8.39. The van der Waals surface area contributed by atoms with Crippen LogP contribution in [-0.2, 0) is 9.53 Å². The summed E-state index contributed by atoms with van der Waals surface area (Å²) in [5.74, 6) is -0.124. The molecule has 164 valence electrons. The van der Waals surface area contributed by atoms with Gasteiger partial charge in [0.2, 0.25) is 0 Å². The fourth-order valence-corrected chi connectivity index (χ4v) is 4.63. The van der Waals surface area contributed by atoms with Gasteiger partial charge in [0.05, 0.1) is 39.6 Å². The minimum Gasteiger partial charge on any atom is -0.465 e. The number of nitrogens with zero attached hydrogens (tertiary/aromatic N) is 3. The van der Waals surface area contributed by atoms with E-state index in [9.17, 15) is 19.7 Å². The standard InChI is InChI=1S/C22H19N3O6S/c1-4-30-21(27)18-13(3)23-22-24(20(26)17(32-22)11-15-6-5-9-31-15)19(18)14-8-7-12(2)16(10-14)25(28)29/h5-11,19H,4H2,1-3H3/b17-11+/t19-/m0/s1. The fourth-order valence-electron chi connectivity index (χ4n) is 3.60. The van der Waals surface area contributed by atoms with E-state index in [2.05, 4.69) is 4.99 Å². The number of rotatable bonds is 5. The maximum atomic E-state index is 13.4. The summed E-state index contributed by atoms with van der Waals surface area (Å²) >= 11 is 1.15. The maximum absolute atomic E-state index is 13.4. The molecule has 0 saturated carbocycles. The summed E-state index contributed by atoms with van der Waals surface area (Å²) in [5.41, 5.74) is 0.975. The summed E-state index contributed by atoms with van der Waals surface area (Å²) in [6.45, 7) is 5.10. The van der Waals surface area contributed by atoms with E-state index in [0.29, 0.717) is 31.9 Å². The first-order valence-corrected chi connectivity index (χ1v) is 10.6. The molecule has 0 radical (unpaired) electrons. The first-order chi connectivity index (χ1) is 15.3. The van der Waals surface area contributed by atoms with Gasteiger partial charge in [0.25, 0.3) is 11.2 Å². The van der Waals surface area contributed by atoms with Crippen molar-refractivity contribution in [2.45, 2.75) is 26.8 Å². The number of carbonyl (C=O) groups excluding carboxylic acids is 1. The fraction of sp³-hybridized carbons (Fsp3) is 0.227. The molecule has 0 saturated heterocycles. The molecule has 1 aromatic carbocycles. The van der Waals surface area contributed by atoms with Crippen LogP contribution >= 0.6 is 11.3 Å². The monoisotopic (exact) mass is 453 g/mol. The lowest BCUT2D eigenvalue weighted by Crippen LogP contribution is -2.40. The molecule has 2 aromatic heterocycles. The number of esters is 1. The van der Waals surface area contributed by atoms with Crippen LogP contribution in [0.4, 0.5) is 5.69 Å². The first kappa shape index (κ1) is 21.4. The summed E-state index contributed by atoms with van der Waals surface area (Å²) in [6, 6.07) is 7.18. The molecule has 0 spiro atoms. The molecule has 1 aliphatic heterocycles. The van der Waals surface area contributed by atoms with Gasteiger partial charge in [0.15, 0.2) is 4.80 Å². The average molecular weight is 453 g/mol. The number of benzene rings is 1. The van der Waals surface area contributed by atoms with E-state index in [1.54, 1.807) is 51.1 Å². The van der Waals surface area contributed by atoms with Gasteiger partial charge in [-0.05, 0) is 38.5 Å². The number of aromatic nitrogens is 1. The van der Waals surface area contributed by atoms with E-state index in [1.807, 2.05) is 0 Å². The Bertz CT molecular complexity index is 1430. The number of nitro groups is 1. The largest absolute Gasteiger partial charge is 0.465 e. The van der Waals surface area contributed by atoms with Crippen molar-refractivity contribution in [3.63, 3.8) is 0 Å². The highest BCUT2D eigenvalue weighted by molar-refractivity contribution is 7.07. The third-order valence-corrected chi connectivity index (χ3v) is 6.06. The molecule has 0 unspecified atom stereocenters. The third-order valence-electron chi connectivity index (χ3n) is 5.08. The van der Waals surface area contributed by atoms with Gasteiger partial charge in [-0.15, -0.1) is 0 Å². The van der Waals surface area contributed by atoms with Crippen molar-refractivity contribution in [1.82, 2.24) is 4.57 Å². The Morgan fingerprint density at radius 1 is 1.38 bits per heavy atom. The van der Waals surface area contributed by atoms with E-state index in [-0.39, 0.29) is 23.4 Å². The van der Waals surface area contributed by atoms with Crippen LogP contribution in [0.25, 0.3) is 6.08 Å². The Hall–Kier alpha value is -3.79. The molecule has 1 atom stereocenters. The number of carbonyl (C=O) groups is 1. The molecule has 0 aliphatic carbocycles. The number of nitro benzene ring substituents is 1. The van der Waals surface area contributed by atoms with Crippen molar-refractivity contribution in [2.75, 3.05) is 6.61 Å². The molecular weight excluding hydrogens is 434 g/mol. The lowest BCUT2D eigenvalue weighted by Gasteiger charge is -2.24. The van der Waals surface area contributed by atoms with Crippen molar-refractivity contribution in [3.8, 4) is 0 Å². The van der Waals surface area contributed by atoms with Crippen LogP contribution in [0.1, 0.15) is 36.8 Å². The van der Waals surface area contributed by atoms with E-state index < -0.39 is 16.9 Å². The molecule has 3 heterocycles. The highest BCUT2D eigenvalue weighted by atomic mass is 32.1. The van der Waals surface area contributed by atoms with Crippen molar-refractivity contribution in [1.29, 1.82) is 0 Å². The van der Waals surface area contributed by atoms with Crippen LogP contribution in [0, 0.1) is 17.0 Å². The molecule has 1 aliphatic rings. The van der Waals surface area contributed by atoms with Gasteiger partial charge >= 0.3 is 5.97 Å². The van der Waals surface area contributed by atoms with Crippen LogP contribution in [0.3, 0.4) is 0 Å². The Kier molecular flexibility index (Phi) is 5.62. The highest BCUT2D eigenvalue weighted by Crippen LogP contribution is 2.33. The van der Waals surface area contributed by atoms with Crippen LogP contribution in [-0.4, -0.2) is 22.1 Å². The molecule has 0 N–H and O–H groups in total. The Labute approximate surface area is 185 Å². The number of hydrogen-bond donors (Lipinski definition) is 0. The van der Waals surface area contributed by atoms with Crippen molar-refractivity contribution < 1.29 is 18.9 Å². The van der Waals surface area contributed by atoms with E-state index >= 15 is 0 Å². The van der Waals surface area contributed by atoms with Crippen LogP contribution < -0.4 is 14.9 Å². The second-order valence-electron chi connectivity index (χ2n) is 7.12. The molecular formula is C22H19N3O6S. The van der Waals surface area contributed by atoms with E-state index in [0.717, 1.165) is 11.3 Å². The predicted molar refractivity (Wildman–Crippen MR) is 117 cm³/mol. The molecule has 9 nitrogen and oxygen atoms in total. The molecule has 32 heavy (non-hydrogen) atoms. The van der Waals surface area contributed by atoms with Gasteiger partial charge in [0.1, 0.15) is 5.76 Å². The number of hydrogen-bond acceptors (Lipinski definition) is 8. The quantitative estimate of drug-likeness (QED) is 0.333. The zero-order chi connectivity index (χ0) is 23.0. The van der Waals surface area contributed by atoms with Gasteiger partial charge in [-0.2, -0.15) is 0 Å². The minimum absolute atomic E-state index is 0.0990. The topological polar surface area (TPSA) is 117 Å². The number of ether oxygens (including phenoxy) is 1. The first-order valence-electron chi connectivity index (χ1n) is 9.80. The zero-order valence-corrected chi connectivity index (χ0v) is 18.3. The Morgan fingerprint density at radius 2 is 2.16 bits per heavy atom. The van der Waals surface area contributed by atoms with Crippen molar-refractivity contribution in [3.05, 3.63) is 94.6 Å². The number of aryl methyl sites for hydroxylation is 1. The lowest BCUT2D eigenvalue weighted by atomic mass is 9.94. The number of fused-ring (bicyclic) bond motifs is 1. The second-order valence-corrected chi connectivity index (χ2v) is 8.13. The summed E-state index contributed by atoms with van der Waals surface area (Å²) in [4.78, 5) is 42.1. The summed E-state index contributed by atoms with van der Waals surface area (Å²) in [5, 5.41) is 11.5. The van der Waals surface area contributed by atoms with Gasteiger partial charge in [0, 0.05) is 17.7 Å². The van der Waals surface area contributed by atoms with Gasteiger partial charge in [-0.3, -0.25) is 19.5 Å². The highest BCUT2D eigenvalue weighted by Gasteiger charge is 2.34. The van der Waals surface area contributed by atoms with E-state index in [1.165, 1.54) is 16.9 Å². The summed E-state index contributed by atoms with van der Waals surface area (Å²) in [6.07, 6.45) is 3.10. The molecule has 0 bridgehead atoms. The number of furan rings is 1. The van der Waals surface area contributed by atoms with Crippen LogP contribution in [0.2, 0.25) is 0 Å². The Balaban J connectivity index is 2.00. The van der Waals surface area contributed by atoms with E-state index in [4.69, 9.17) is 9.15 Å². The van der Waals surface area contributed by atoms with Crippen molar-refractivity contribution in [2.24, 2.45) is 4.99 Å². The predicted octanol–water partition coefficient (Wildman–Crippen LogP) is 2.61. The van der Waals surface area contributed by atoms with Gasteiger partial charge < -0.3 is 9.15 Å². The SMILES string of the molecule is CCOC(=O)C1=C(C)N=c2s/c(=C/c3ccco3)c(=O)n2[C@H]1c1ccc(C)c([N+](=O)[O-])c1. The maximum Gasteiger partial charge on any atom is 0.338 e. The number of allylic oxidation sites excluding steroid dienone is 1. The summed E-state index contributed by atoms with van der Waals surface area (Å²) < 4.78 is 12.3. The lowest BCUT2D eigenvalue weighted by molar-refractivity contribution is -0.385. The molecule has 0 fully saturated rings. The average Bonchev–Trinajstić information content (AvgIpc) is 3.36. The molecule has 4 rings (SSSR count). The molecule has 3 aromatic rings. The van der Waals surface area contributed by atoms with Gasteiger partial charge in [-0.25, -0.2) is 9.79 Å². The van der Waals surface area contributed by atoms with Crippen LogP contribution in [0.5, 0.6) is 0 Å².